The second-order valence-electron chi connectivity index (χ2n) is 6.82. The second-order valence-corrected chi connectivity index (χ2v) is 6.82. The van der Waals surface area contributed by atoms with Crippen molar-refractivity contribution in [3.8, 4) is 17.1 Å². The Morgan fingerprint density at radius 2 is 1.44 bits per heavy atom. The van der Waals surface area contributed by atoms with Crippen molar-refractivity contribution >= 4 is 11.0 Å². The number of hydrogen-bond donors (Lipinski definition) is 0. The molecule has 0 saturated heterocycles. The molecule has 0 radical (unpaired) electrons. The zero-order valence-electron chi connectivity index (χ0n) is 15.2. The average molecular weight is 326 g/mol. The van der Waals surface area contributed by atoms with E-state index >= 15 is 0 Å². The Balaban J connectivity index is 2.15. The third kappa shape index (κ3) is 2.54. The highest BCUT2D eigenvalue weighted by Crippen LogP contribution is 2.33. The summed E-state index contributed by atoms with van der Waals surface area (Å²) >= 11 is 0. The van der Waals surface area contributed by atoms with Gasteiger partial charge in [0.15, 0.2) is 0 Å². The maximum Gasteiger partial charge on any atom is 0.146 e. The lowest BCUT2D eigenvalue weighted by Crippen LogP contribution is -2.03. The molecule has 0 unspecified atom stereocenters. The van der Waals surface area contributed by atoms with E-state index in [1.54, 1.807) is 0 Å². The van der Waals surface area contributed by atoms with Crippen LogP contribution in [-0.4, -0.2) is 9.55 Å². The van der Waals surface area contributed by atoms with Gasteiger partial charge in [-0.3, -0.25) is 4.57 Å². The molecule has 25 heavy (non-hydrogen) atoms. The van der Waals surface area contributed by atoms with Gasteiger partial charge in [0.1, 0.15) is 5.82 Å². The Hall–Kier alpha value is -2.87. The van der Waals surface area contributed by atoms with Gasteiger partial charge in [0, 0.05) is 5.56 Å². The van der Waals surface area contributed by atoms with Crippen molar-refractivity contribution in [1.29, 1.82) is 0 Å². The SMILES string of the molecule is Cc1ccc(C)c(-c2nc3ccccc3n2-c2c(C)cccc2C)c1. The molecule has 0 spiro atoms. The predicted octanol–water partition coefficient (Wildman–Crippen LogP) is 5.93. The average Bonchev–Trinajstić information content (AvgIpc) is 2.96. The molecule has 124 valence electrons. The van der Waals surface area contributed by atoms with Crippen LogP contribution in [0.25, 0.3) is 28.1 Å². The molecule has 0 N–H and O–H groups in total. The molecule has 3 aromatic carbocycles. The third-order valence-corrected chi connectivity index (χ3v) is 4.86. The first kappa shape index (κ1) is 15.6. The van der Waals surface area contributed by atoms with Crippen molar-refractivity contribution in [1.82, 2.24) is 9.55 Å². The molecule has 0 atom stereocenters. The van der Waals surface area contributed by atoms with Gasteiger partial charge < -0.3 is 0 Å². The summed E-state index contributed by atoms with van der Waals surface area (Å²) < 4.78 is 2.32. The van der Waals surface area contributed by atoms with E-state index in [2.05, 4.69) is 92.9 Å². The van der Waals surface area contributed by atoms with Gasteiger partial charge in [0.05, 0.1) is 16.7 Å². The smallest absolute Gasteiger partial charge is 0.146 e. The minimum absolute atomic E-state index is 1.01. The predicted molar refractivity (Wildman–Crippen MR) is 105 cm³/mol. The van der Waals surface area contributed by atoms with Gasteiger partial charge in [0.25, 0.3) is 0 Å². The van der Waals surface area contributed by atoms with Crippen molar-refractivity contribution < 1.29 is 0 Å². The van der Waals surface area contributed by atoms with Crippen molar-refractivity contribution in [3.05, 3.63) is 82.9 Å². The molecular weight excluding hydrogens is 304 g/mol. The quantitative estimate of drug-likeness (QED) is 0.446. The molecule has 0 bridgehead atoms. The zero-order chi connectivity index (χ0) is 17.6. The van der Waals surface area contributed by atoms with Crippen molar-refractivity contribution in [2.24, 2.45) is 0 Å². The summed E-state index contributed by atoms with van der Waals surface area (Å²) in [5, 5.41) is 0. The Morgan fingerprint density at radius 3 is 2.20 bits per heavy atom. The van der Waals surface area contributed by atoms with Crippen LogP contribution in [0.4, 0.5) is 0 Å². The highest BCUT2D eigenvalue weighted by molar-refractivity contribution is 5.84. The van der Waals surface area contributed by atoms with E-state index in [-0.39, 0.29) is 0 Å². The molecule has 2 nitrogen and oxygen atoms in total. The van der Waals surface area contributed by atoms with Gasteiger partial charge in [-0.15, -0.1) is 0 Å². The van der Waals surface area contributed by atoms with E-state index in [9.17, 15) is 0 Å². The van der Waals surface area contributed by atoms with Gasteiger partial charge >= 0.3 is 0 Å². The first-order valence-corrected chi connectivity index (χ1v) is 8.68. The molecule has 4 rings (SSSR count). The Bertz CT molecular complexity index is 1070. The minimum Gasteiger partial charge on any atom is -0.292 e. The Labute approximate surface area is 148 Å². The number of para-hydroxylation sites is 3. The molecule has 0 aliphatic rings. The van der Waals surface area contributed by atoms with Crippen LogP contribution in [0.3, 0.4) is 0 Å². The van der Waals surface area contributed by atoms with Crippen molar-refractivity contribution in [3.63, 3.8) is 0 Å². The molecule has 0 aliphatic carbocycles. The maximum atomic E-state index is 5.01. The van der Waals surface area contributed by atoms with E-state index in [0.29, 0.717) is 0 Å². The number of fused-ring (bicyclic) bond motifs is 1. The Kier molecular flexibility index (Phi) is 3.69. The monoisotopic (exact) mass is 326 g/mol. The summed E-state index contributed by atoms with van der Waals surface area (Å²) in [7, 11) is 0. The third-order valence-electron chi connectivity index (χ3n) is 4.86. The molecule has 0 amide bonds. The molecule has 1 aromatic heterocycles. The highest BCUT2D eigenvalue weighted by Gasteiger charge is 2.18. The van der Waals surface area contributed by atoms with E-state index in [0.717, 1.165) is 16.9 Å². The molecule has 4 aromatic rings. The Morgan fingerprint density at radius 1 is 0.720 bits per heavy atom. The van der Waals surface area contributed by atoms with Gasteiger partial charge in [0.2, 0.25) is 0 Å². The van der Waals surface area contributed by atoms with E-state index in [1.807, 2.05) is 0 Å². The second kappa shape index (κ2) is 5.89. The lowest BCUT2D eigenvalue weighted by atomic mass is 10.0. The van der Waals surface area contributed by atoms with Crippen LogP contribution in [0.1, 0.15) is 22.3 Å². The fraction of sp³-hybridized carbons (Fsp3) is 0.174. The fourth-order valence-corrected chi connectivity index (χ4v) is 3.57. The molecule has 0 fully saturated rings. The summed E-state index contributed by atoms with van der Waals surface area (Å²) in [6, 6.07) is 21.4. The zero-order valence-corrected chi connectivity index (χ0v) is 15.2. The molecule has 0 saturated carbocycles. The number of hydrogen-bond acceptors (Lipinski definition) is 1. The lowest BCUT2D eigenvalue weighted by Gasteiger charge is -2.16. The number of imidazole rings is 1. The standard InChI is InChI=1S/C23H22N2/c1-15-12-13-16(2)19(14-15)23-24-20-10-5-6-11-21(20)25(23)22-17(3)8-7-9-18(22)4/h5-14H,1-4H3. The van der Waals surface area contributed by atoms with E-state index in [4.69, 9.17) is 4.98 Å². The van der Waals surface area contributed by atoms with Crippen LogP contribution < -0.4 is 0 Å². The van der Waals surface area contributed by atoms with Crippen molar-refractivity contribution in [2.45, 2.75) is 27.7 Å². The van der Waals surface area contributed by atoms with E-state index < -0.39 is 0 Å². The van der Waals surface area contributed by atoms with Crippen molar-refractivity contribution in [2.75, 3.05) is 0 Å². The number of aryl methyl sites for hydroxylation is 4. The van der Waals surface area contributed by atoms with Crippen LogP contribution in [0.15, 0.2) is 60.7 Å². The summed E-state index contributed by atoms with van der Waals surface area (Å²) in [5.41, 5.74) is 9.61. The first-order chi connectivity index (χ1) is 12.1. The molecular formula is C23H22N2. The minimum atomic E-state index is 1.01. The summed E-state index contributed by atoms with van der Waals surface area (Å²) in [6.45, 7) is 8.63. The number of rotatable bonds is 2. The summed E-state index contributed by atoms with van der Waals surface area (Å²) in [5.74, 6) is 1.01. The first-order valence-electron chi connectivity index (χ1n) is 8.68. The highest BCUT2D eigenvalue weighted by atomic mass is 15.1. The topological polar surface area (TPSA) is 17.8 Å². The molecule has 2 heteroatoms. The summed E-state index contributed by atoms with van der Waals surface area (Å²) in [4.78, 5) is 5.01. The fourth-order valence-electron chi connectivity index (χ4n) is 3.57. The van der Waals surface area contributed by atoms with Crippen LogP contribution in [-0.2, 0) is 0 Å². The van der Waals surface area contributed by atoms with Gasteiger partial charge in [-0.1, -0.05) is 48.0 Å². The number of benzene rings is 3. The maximum absolute atomic E-state index is 5.01. The van der Waals surface area contributed by atoms with Gasteiger partial charge in [-0.05, 0) is 62.6 Å². The van der Waals surface area contributed by atoms with Gasteiger partial charge in [-0.25, -0.2) is 4.98 Å². The lowest BCUT2D eigenvalue weighted by molar-refractivity contribution is 1.06. The van der Waals surface area contributed by atoms with Gasteiger partial charge in [-0.2, -0.15) is 0 Å². The largest absolute Gasteiger partial charge is 0.292 e. The van der Waals surface area contributed by atoms with E-state index in [1.165, 1.54) is 33.5 Å². The van der Waals surface area contributed by atoms with Crippen LogP contribution >= 0.6 is 0 Å². The van der Waals surface area contributed by atoms with Crippen LogP contribution in [0, 0.1) is 27.7 Å². The van der Waals surface area contributed by atoms with Crippen LogP contribution in [0.2, 0.25) is 0 Å². The van der Waals surface area contributed by atoms with Crippen LogP contribution in [0.5, 0.6) is 0 Å². The number of aromatic nitrogens is 2. The summed E-state index contributed by atoms with van der Waals surface area (Å²) in [6.07, 6.45) is 0. The number of nitrogens with zero attached hydrogens (tertiary/aromatic N) is 2. The normalized spacial score (nSPS) is 11.2. The molecule has 0 aliphatic heterocycles. The molecule has 1 heterocycles.